The van der Waals surface area contributed by atoms with Gasteiger partial charge in [-0.3, -0.25) is 9.59 Å². The van der Waals surface area contributed by atoms with Crippen LogP contribution in [0.1, 0.15) is 41.0 Å². The molecule has 0 radical (unpaired) electrons. The first-order chi connectivity index (χ1) is 11.1. The van der Waals surface area contributed by atoms with Crippen molar-refractivity contribution in [2.75, 3.05) is 0 Å². The zero-order valence-corrected chi connectivity index (χ0v) is 13.8. The average molecular weight is 328 g/mol. The molecule has 2 atom stereocenters. The molecule has 23 heavy (non-hydrogen) atoms. The minimum absolute atomic E-state index is 0.0322. The third-order valence-corrected chi connectivity index (χ3v) is 4.90. The SMILES string of the molecule is CC(NC(=O)c1cccs1)C(=O)NC(c1ccccc1)C1CC1. The van der Waals surface area contributed by atoms with Gasteiger partial charge in [0.25, 0.3) is 5.91 Å². The van der Waals surface area contributed by atoms with Gasteiger partial charge in [-0.25, -0.2) is 0 Å². The Bertz CT molecular complexity index is 666. The molecule has 0 spiro atoms. The quantitative estimate of drug-likeness (QED) is 0.856. The first-order valence-corrected chi connectivity index (χ1v) is 8.73. The predicted octanol–water partition coefficient (Wildman–Crippen LogP) is 3.13. The maximum absolute atomic E-state index is 12.4. The van der Waals surface area contributed by atoms with Crippen LogP contribution >= 0.6 is 11.3 Å². The highest BCUT2D eigenvalue weighted by Gasteiger charge is 2.34. The first kappa shape index (κ1) is 15.7. The molecular formula is C18H20N2O2S. The zero-order valence-electron chi connectivity index (χ0n) is 13.0. The fraction of sp³-hybridized carbons (Fsp3) is 0.333. The van der Waals surface area contributed by atoms with E-state index in [9.17, 15) is 9.59 Å². The van der Waals surface area contributed by atoms with Crippen molar-refractivity contribution in [1.29, 1.82) is 0 Å². The third-order valence-electron chi connectivity index (χ3n) is 4.04. The Morgan fingerprint density at radius 1 is 1.09 bits per heavy atom. The van der Waals surface area contributed by atoms with Gasteiger partial charge in [-0.1, -0.05) is 36.4 Å². The van der Waals surface area contributed by atoms with Gasteiger partial charge in [-0.15, -0.1) is 11.3 Å². The summed E-state index contributed by atoms with van der Waals surface area (Å²) in [7, 11) is 0. The number of hydrogen-bond donors (Lipinski definition) is 2. The van der Waals surface area contributed by atoms with Crippen LogP contribution in [0.5, 0.6) is 0 Å². The van der Waals surface area contributed by atoms with Crippen molar-refractivity contribution >= 4 is 23.2 Å². The highest BCUT2D eigenvalue weighted by molar-refractivity contribution is 7.12. The van der Waals surface area contributed by atoms with E-state index >= 15 is 0 Å². The van der Waals surface area contributed by atoms with Crippen LogP contribution in [0, 0.1) is 5.92 Å². The smallest absolute Gasteiger partial charge is 0.261 e. The van der Waals surface area contributed by atoms with Crippen molar-refractivity contribution in [1.82, 2.24) is 10.6 Å². The van der Waals surface area contributed by atoms with Gasteiger partial charge >= 0.3 is 0 Å². The Kier molecular flexibility index (Phi) is 4.76. The molecule has 0 bridgehead atoms. The first-order valence-electron chi connectivity index (χ1n) is 7.85. The number of hydrogen-bond acceptors (Lipinski definition) is 3. The van der Waals surface area contributed by atoms with E-state index in [0.717, 1.165) is 18.4 Å². The third kappa shape index (κ3) is 3.99. The average Bonchev–Trinajstić information content (AvgIpc) is 3.25. The molecule has 1 fully saturated rings. The van der Waals surface area contributed by atoms with E-state index in [4.69, 9.17) is 0 Å². The number of rotatable bonds is 6. The number of nitrogens with one attached hydrogen (secondary N) is 2. The molecule has 120 valence electrons. The lowest BCUT2D eigenvalue weighted by Crippen LogP contribution is -2.46. The van der Waals surface area contributed by atoms with Gasteiger partial charge < -0.3 is 10.6 Å². The summed E-state index contributed by atoms with van der Waals surface area (Å²) >= 11 is 1.37. The van der Waals surface area contributed by atoms with E-state index < -0.39 is 6.04 Å². The largest absolute Gasteiger partial charge is 0.347 e. The Hall–Kier alpha value is -2.14. The standard InChI is InChI=1S/C18H20N2O2S/c1-12(19-18(22)15-8-5-11-23-15)17(21)20-16(14-9-10-14)13-6-3-2-4-7-13/h2-8,11-12,14,16H,9-10H2,1H3,(H,19,22)(H,20,21). The maximum Gasteiger partial charge on any atom is 0.261 e. The second kappa shape index (κ2) is 6.96. The lowest BCUT2D eigenvalue weighted by Gasteiger charge is -2.21. The molecule has 3 rings (SSSR count). The second-order valence-corrected chi connectivity index (χ2v) is 6.85. The minimum Gasteiger partial charge on any atom is -0.347 e. The van der Waals surface area contributed by atoms with Crippen molar-refractivity contribution in [3.63, 3.8) is 0 Å². The van der Waals surface area contributed by atoms with E-state index in [2.05, 4.69) is 10.6 Å². The number of carbonyl (C=O) groups is 2. The van der Waals surface area contributed by atoms with Gasteiger partial charge in [-0.2, -0.15) is 0 Å². The minimum atomic E-state index is -0.561. The summed E-state index contributed by atoms with van der Waals surface area (Å²) in [4.78, 5) is 25.1. The van der Waals surface area contributed by atoms with E-state index in [1.165, 1.54) is 11.3 Å². The predicted molar refractivity (Wildman–Crippen MR) is 91.3 cm³/mol. The molecule has 0 aliphatic heterocycles. The molecule has 4 nitrogen and oxygen atoms in total. The van der Waals surface area contributed by atoms with Crippen molar-refractivity contribution < 1.29 is 9.59 Å². The summed E-state index contributed by atoms with van der Waals surface area (Å²) < 4.78 is 0. The lowest BCUT2D eigenvalue weighted by molar-refractivity contribution is -0.123. The molecular weight excluding hydrogens is 308 g/mol. The molecule has 5 heteroatoms. The van der Waals surface area contributed by atoms with Crippen LogP contribution in [0.25, 0.3) is 0 Å². The number of amides is 2. The van der Waals surface area contributed by atoms with Crippen LogP contribution < -0.4 is 10.6 Å². The molecule has 1 aliphatic rings. The summed E-state index contributed by atoms with van der Waals surface area (Å²) in [6.45, 7) is 1.72. The summed E-state index contributed by atoms with van der Waals surface area (Å²) in [5, 5.41) is 7.70. The Labute approximate surface area is 139 Å². The van der Waals surface area contributed by atoms with E-state index in [1.54, 1.807) is 13.0 Å². The Balaban J connectivity index is 1.61. The van der Waals surface area contributed by atoms with E-state index in [1.807, 2.05) is 41.8 Å². The van der Waals surface area contributed by atoms with Crippen molar-refractivity contribution in [2.24, 2.45) is 5.92 Å². The molecule has 1 heterocycles. The maximum atomic E-state index is 12.4. The van der Waals surface area contributed by atoms with Crippen molar-refractivity contribution in [3.8, 4) is 0 Å². The van der Waals surface area contributed by atoms with Crippen LogP contribution in [0.2, 0.25) is 0 Å². The topological polar surface area (TPSA) is 58.2 Å². The number of thiophene rings is 1. The van der Waals surface area contributed by atoms with Crippen molar-refractivity contribution in [3.05, 3.63) is 58.3 Å². The number of carbonyl (C=O) groups excluding carboxylic acids is 2. The van der Waals surface area contributed by atoms with E-state index in [0.29, 0.717) is 10.8 Å². The lowest BCUT2D eigenvalue weighted by atomic mass is 10.0. The fourth-order valence-electron chi connectivity index (χ4n) is 2.58. The van der Waals surface area contributed by atoms with Gasteiger partial charge in [0, 0.05) is 0 Å². The fourth-order valence-corrected chi connectivity index (χ4v) is 3.21. The van der Waals surface area contributed by atoms with E-state index in [-0.39, 0.29) is 17.9 Å². The monoisotopic (exact) mass is 328 g/mol. The molecule has 1 aliphatic carbocycles. The van der Waals surface area contributed by atoms with Crippen molar-refractivity contribution in [2.45, 2.75) is 31.8 Å². The summed E-state index contributed by atoms with van der Waals surface area (Å²) in [5.74, 6) is 0.155. The van der Waals surface area contributed by atoms with Gasteiger partial charge in [0.2, 0.25) is 5.91 Å². The Morgan fingerprint density at radius 3 is 2.43 bits per heavy atom. The molecule has 1 aromatic heterocycles. The zero-order chi connectivity index (χ0) is 16.2. The van der Waals surface area contributed by atoms with Gasteiger partial charge in [0.05, 0.1) is 10.9 Å². The highest BCUT2D eigenvalue weighted by atomic mass is 32.1. The van der Waals surface area contributed by atoms with Crippen LogP contribution in [0.4, 0.5) is 0 Å². The van der Waals surface area contributed by atoms with Crippen LogP contribution in [-0.4, -0.2) is 17.9 Å². The highest BCUT2D eigenvalue weighted by Crippen LogP contribution is 2.40. The molecule has 2 amide bonds. The van der Waals surface area contributed by atoms with Crippen LogP contribution in [0.3, 0.4) is 0 Å². The molecule has 1 aromatic carbocycles. The molecule has 1 saturated carbocycles. The normalized spacial score (nSPS) is 16.4. The summed E-state index contributed by atoms with van der Waals surface area (Å²) in [6, 6.07) is 13.1. The molecule has 2 unspecified atom stereocenters. The molecule has 0 saturated heterocycles. The Morgan fingerprint density at radius 2 is 1.83 bits per heavy atom. The second-order valence-electron chi connectivity index (χ2n) is 5.91. The van der Waals surface area contributed by atoms with Gasteiger partial charge in [0.15, 0.2) is 0 Å². The summed E-state index contributed by atoms with van der Waals surface area (Å²) in [5.41, 5.74) is 1.13. The number of benzene rings is 1. The van der Waals surface area contributed by atoms with Gasteiger partial charge in [-0.05, 0) is 42.7 Å². The van der Waals surface area contributed by atoms with Gasteiger partial charge in [0.1, 0.15) is 6.04 Å². The van der Waals surface area contributed by atoms with Crippen LogP contribution in [-0.2, 0) is 4.79 Å². The molecule has 2 aromatic rings. The summed E-state index contributed by atoms with van der Waals surface area (Å²) in [6.07, 6.45) is 2.27. The van der Waals surface area contributed by atoms with Crippen LogP contribution in [0.15, 0.2) is 47.8 Å². The molecule has 2 N–H and O–H groups in total.